The average Bonchev–Trinajstić information content (AvgIpc) is 2.62. The molecule has 0 N–H and O–H groups in total. The molecule has 1 nitrogen and oxygen atoms in total. The van der Waals surface area contributed by atoms with Crippen molar-refractivity contribution in [3.63, 3.8) is 0 Å². The zero-order chi connectivity index (χ0) is 15.6. The van der Waals surface area contributed by atoms with Crippen LogP contribution in [-0.4, -0.2) is 4.98 Å². The lowest BCUT2D eigenvalue weighted by Crippen LogP contribution is -2.08. The molecule has 2 aromatic carbocycles. The van der Waals surface area contributed by atoms with Crippen LogP contribution >= 0.6 is 11.6 Å². The topological polar surface area (TPSA) is 12.9 Å². The zero-order valence-corrected chi connectivity index (χ0v) is 13.7. The van der Waals surface area contributed by atoms with Gasteiger partial charge in [0, 0.05) is 21.8 Å². The highest BCUT2D eigenvalue weighted by molar-refractivity contribution is 6.33. The third kappa shape index (κ3) is 2.77. The van der Waals surface area contributed by atoms with Crippen LogP contribution in [0.25, 0.3) is 22.4 Å². The Morgan fingerprint density at radius 1 is 0.783 bits per heavy atom. The monoisotopic (exact) mass is 319 g/mol. The van der Waals surface area contributed by atoms with Crippen LogP contribution < -0.4 is 0 Å². The Bertz CT molecular complexity index is 840. The molecule has 0 fully saturated rings. The fourth-order valence-electron chi connectivity index (χ4n) is 3.38. The van der Waals surface area contributed by atoms with Gasteiger partial charge in [-0.25, -0.2) is 0 Å². The van der Waals surface area contributed by atoms with Crippen molar-refractivity contribution in [2.24, 2.45) is 0 Å². The Kier molecular flexibility index (Phi) is 3.88. The summed E-state index contributed by atoms with van der Waals surface area (Å²) in [6.07, 6.45) is 4.61. The number of hydrogen-bond acceptors (Lipinski definition) is 1. The van der Waals surface area contributed by atoms with Crippen molar-refractivity contribution in [1.29, 1.82) is 0 Å². The maximum absolute atomic E-state index is 6.48. The third-order valence-electron chi connectivity index (χ3n) is 4.53. The fourth-order valence-corrected chi connectivity index (χ4v) is 3.62. The van der Waals surface area contributed by atoms with E-state index >= 15 is 0 Å². The van der Waals surface area contributed by atoms with Gasteiger partial charge in [-0.2, -0.15) is 0 Å². The summed E-state index contributed by atoms with van der Waals surface area (Å²) in [7, 11) is 0. The maximum atomic E-state index is 6.48. The molecule has 1 heterocycles. The van der Waals surface area contributed by atoms with Gasteiger partial charge in [0.2, 0.25) is 0 Å². The van der Waals surface area contributed by atoms with Gasteiger partial charge in [0.25, 0.3) is 0 Å². The van der Waals surface area contributed by atoms with Crippen molar-refractivity contribution in [2.45, 2.75) is 25.7 Å². The molecular weight excluding hydrogens is 302 g/mol. The highest BCUT2D eigenvalue weighted by atomic mass is 35.5. The molecule has 114 valence electrons. The number of rotatable bonds is 2. The summed E-state index contributed by atoms with van der Waals surface area (Å²) in [5, 5.41) is 0.811. The van der Waals surface area contributed by atoms with Crippen LogP contribution in [0.3, 0.4) is 0 Å². The van der Waals surface area contributed by atoms with Crippen LogP contribution in [-0.2, 0) is 12.8 Å². The molecule has 0 radical (unpaired) electrons. The predicted molar refractivity (Wildman–Crippen MR) is 96.8 cm³/mol. The Morgan fingerprint density at radius 2 is 1.52 bits per heavy atom. The third-order valence-corrected chi connectivity index (χ3v) is 4.86. The standard InChI is InChI=1S/C21H18ClN/c22-19-12-6-4-10-16(19)18-14-21(15-8-2-1-3-9-15)23-20-13-7-5-11-17(18)20/h1-4,6,8-10,12,14H,5,7,11,13H2. The van der Waals surface area contributed by atoms with Crippen molar-refractivity contribution >= 4 is 11.6 Å². The quantitative estimate of drug-likeness (QED) is 0.569. The molecule has 1 aliphatic rings. The van der Waals surface area contributed by atoms with Crippen LogP contribution in [0.2, 0.25) is 5.02 Å². The Labute approximate surface area is 142 Å². The zero-order valence-electron chi connectivity index (χ0n) is 12.9. The van der Waals surface area contributed by atoms with Gasteiger partial charge in [0.1, 0.15) is 0 Å². The van der Waals surface area contributed by atoms with E-state index in [1.165, 1.54) is 29.7 Å². The molecule has 1 aliphatic carbocycles. The molecule has 0 saturated carbocycles. The molecule has 0 aliphatic heterocycles. The molecule has 0 saturated heterocycles. The SMILES string of the molecule is Clc1ccccc1-c1cc(-c2ccccc2)nc2c1CCCC2. The summed E-state index contributed by atoms with van der Waals surface area (Å²) in [5.41, 5.74) is 7.19. The molecule has 2 heteroatoms. The molecule has 23 heavy (non-hydrogen) atoms. The summed E-state index contributed by atoms with van der Waals surface area (Å²) in [6.45, 7) is 0. The summed E-state index contributed by atoms with van der Waals surface area (Å²) in [4.78, 5) is 4.96. The number of aryl methyl sites for hydroxylation is 1. The Morgan fingerprint density at radius 3 is 2.35 bits per heavy atom. The Hall–Kier alpha value is -2.12. The van der Waals surface area contributed by atoms with Gasteiger partial charge in [-0.05, 0) is 48.9 Å². The van der Waals surface area contributed by atoms with Crippen molar-refractivity contribution < 1.29 is 0 Å². The van der Waals surface area contributed by atoms with Gasteiger partial charge in [-0.15, -0.1) is 0 Å². The molecule has 1 aromatic heterocycles. The Balaban J connectivity index is 1.95. The van der Waals surface area contributed by atoms with Gasteiger partial charge in [-0.3, -0.25) is 4.98 Å². The largest absolute Gasteiger partial charge is 0.253 e. The second-order valence-corrected chi connectivity index (χ2v) is 6.44. The minimum Gasteiger partial charge on any atom is -0.253 e. The molecule has 0 atom stereocenters. The van der Waals surface area contributed by atoms with Crippen molar-refractivity contribution in [3.05, 3.63) is 76.9 Å². The van der Waals surface area contributed by atoms with Crippen LogP contribution in [0, 0.1) is 0 Å². The van der Waals surface area contributed by atoms with E-state index in [0.717, 1.165) is 34.7 Å². The molecule has 3 aromatic rings. The number of hydrogen-bond donors (Lipinski definition) is 0. The van der Waals surface area contributed by atoms with Gasteiger partial charge >= 0.3 is 0 Å². The minimum absolute atomic E-state index is 0.811. The highest BCUT2D eigenvalue weighted by Crippen LogP contribution is 2.37. The number of nitrogens with zero attached hydrogens (tertiary/aromatic N) is 1. The van der Waals surface area contributed by atoms with Crippen LogP contribution in [0.15, 0.2) is 60.7 Å². The molecule has 0 amide bonds. The van der Waals surface area contributed by atoms with E-state index in [4.69, 9.17) is 16.6 Å². The van der Waals surface area contributed by atoms with E-state index < -0.39 is 0 Å². The van der Waals surface area contributed by atoms with Gasteiger partial charge in [-0.1, -0.05) is 60.1 Å². The summed E-state index contributed by atoms with van der Waals surface area (Å²) >= 11 is 6.48. The van der Waals surface area contributed by atoms with E-state index in [1.54, 1.807) is 0 Å². The van der Waals surface area contributed by atoms with Crippen molar-refractivity contribution in [1.82, 2.24) is 4.98 Å². The molecule has 0 bridgehead atoms. The molecule has 0 spiro atoms. The first-order chi connectivity index (χ1) is 11.3. The second kappa shape index (κ2) is 6.17. The maximum Gasteiger partial charge on any atom is 0.0711 e. The number of aromatic nitrogens is 1. The van der Waals surface area contributed by atoms with E-state index in [2.05, 4.69) is 42.5 Å². The van der Waals surface area contributed by atoms with E-state index in [9.17, 15) is 0 Å². The van der Waals surface area contributed by atoms with Crippen molar-refractivity contribution in [2.75, 3.05) is 0 Å². The lowest BCUT2D eigenvalue weighted by atomic mass is 9.88. The summed E-state index contributed by atoms with van der Waals surface area (Å²) < 4.78 is 0. The number of fused-ring (bicyclic) bond motifs is 1. The van der Waals surface area contributed by atoms with Crippen LogP contribution in [0.4, 0.5) is 0 Å². The first-order valence-electron chi connectivity index (χ1n) is 8.16. The van der Waals surface area contributed by atoms with Gasteiger partial charge in [0.15, 0.2) is 0 Å². The van der Waals surface area contributed by atoms with Crippen molar-refractivity contribution in [3.8, 4) is 22.4 Å². The van der Waals surface area contributed by atoms with Gasteiger partial charge < -0.3 is 0 Å². The first kappa shape index (κ1) is 14.5. The lowest BCUT2D eigenvalue weighted by molar-refractivity contribution is 0.670. The highest BCUT2D eigenvalue weighted by Gasteiger charge is 2.19. The smallest absolute Gasteiger partial charge is 0.0711 e. The molecule has 4 rings (SSSR count). The van der Waals surface area contributed by atoms with Gasteiger partial charge in [0.05, 0.1) is 5.69 Å². The number of halogens is 1. The normalized spacial score (nSPS) is 13.6. The van der Waals surface area contributed by atoms with E-state index in [-0.39, 0.29) is 0 Å². The lowest BCUT2D eigenvalue weighted by Gasteiger charge is -2.21. The molecule has 0 unspecified atom stereocenters. The second-order valence-electron chi connectivity index (χ2n) is 6.03. The number of pyridine rings is 1. The minimum atomic E-state index is 0.811. The number of benzene rings is 2. The first-order valence-corrected chi connectivity index (χ1v) is 8.54. The van der Waals surface area contributed by atoms with Crippen LogP contribution in [0.1, 0.15) is 24.1 Å². The predicted octanol–water partition coefficient (Wildman–Crippen LogP) is 5.95. The molecular formula is C21H18ClN. The fraction of sp³-hybridized carbons (Fsp3) is 0.190. The summed E-state index contributed by atoms with van der Waals surface area (Å²) in [6, 6.07) is 20.7. The van der Waals surface area contributed by atoms with E-state index in [1.807, 2.05) is 18.2 Å². The van der Waals surface area contributed by atoms with Crippen LogP contribution in [0.5, 0.6) is 0 Å². The van der Waals surface area contributed by atoms with E-state index in [0.29, 0.717) is 0 Å². The summed E-state index contributed by atoms with van der Waals surface area (Å²) in [5.74, 6) is 0. The average molecular weight is 320 g/mol.